The molecule has 0 aliphatic heterocycles. The smallest absolute Gasteiger partial charge is 0.189 e. The van der Waals surface area contributed by atoms with Crippen molar-refractivity contribution in [2.24, 2.45) is 4.99 Å². The fourth-order valence-electron chi connectivity index (χ4n) is 1.36. The summed E-state index contributed by atoms with van der Waals surface area (Å²) in [5, 5.41) is 0. The Balaban J connectivity index is 3.18. The van der Waals surface area contributed by atoms with E-state index in [1.54, 1.807) is 13.8 Å². The Labute approximate surface area is 94.0 Å². The van der Waals surface area contributed by atoms with Gasteiger partial charge in [-0.2, -0.15) is 4.39 Å². The molecule has 0 heterocycles. The van der Waals surface area contributed by atoms with E-state index >= 15 is 0 Å². The lowest BCUT2D eigenvalue weighted by Crippen LogP contribution is -1.97. The molecule has 0 saturated heterocycles. The van der Waals surface area contributed by atoms with Crippen LogP contribution in [0.15, 0.2) is 17.1 Å². The average Bonchev–Trinajstić information content (AvgIpc) is 2.28. The summed E-state index contributed by atoms with van der Waals surface area (Å²) in [6, 6.07) is 2.75. The fourth-order valence-corrected chi connectivity index (χ4v) is 1.36. The molecule has 0 aromatic heterocycles. The van der Waals surface area contributed by atoms with Gasteiger partial charge in [0.2, 0.25) is 0 Å². The van der Waals surface area contributed by atoms with Crippen LogP contribution in [-0.2, 0) is 11.3 Å². The van der Waals surface area contributed by atoms with Crippen LogP contribution >= 0.6 is 0 Å². The van der Waals surface area contributed by atoms with E-state index < -0.39 is 5.97 Å². The van der Waals surface area contributed by atoms with Crippen molar-refractivity contribution in [2.45, 2.75) is 26.9 Å². The van der Waals surface area contributed by atoms with Crippen LogP contribution in [0.4, 0.5) is 14.5 Å². The van der Waals surface area contributed by atoms with E-state index in [0.717, 1.165) is 0 Å². The molecule has 0 unspecified atom stereocenters. The summed E-state index contributed by atoms with van der Waals surface area (Å²) < 4.78 is 31.3. The van der Waals surface area contributed by atoms with E-state index in [-0.39, 0.29) is 18.8 Å². The molecule has 1 rings (SSSR count). The number of hydrogen-bond donors (Lipinski definition) is 0. The highest BCUT2D eigenvalue weighted by Gasteiger charge is 2.09. The van der Waals surface area contributed by atoms with Gasteiger partial charge in [-0.1, -0.05) is 6.92 Å². The number of benzene rings is 1. The number of ether oxygens (including phenoxy) is 1. The third-order valence-corrected chi connectivity index (χ3v) is 2.33. The predicted molar refractivity (Wildman–Crippen MR) is 60.3 cm³/mol. The van der Waals surface area contributed by atoms with Gasteiger partial charge in [-0.15, -0.1) is 0 Å². The topological polar surface area (TPSA) is 21.6 Å². The van der Waals surface area contributed by atoms with E-state index in [1.165, 1.54) is 19.2 Å². The number of aliphatic imine (C=N–C) groups is 1. The Hall–Kier alpha value is -1.29. The molecular formula is C12H15F2NO. The minimum atomic E-state index is -0.460. The number of hydrogen-bond acceptors (Lipinski definition) is 2. The van der Waals surface area contributed by atoms with Crippen LogP contribution in [0.5, 0.6) is 0 Å². The third-order valence-electron chi connectivity index (χ3n) is 2.33. The maximum absolute atomic E-state index is 13.4. The SMILES string of the molecule is CCC(F)=Nc1ccc(F)c(COC)c1C. The summed E-state index contributed by atoms with van der Waals surface area (Å²) >= 11 is 0. The highest BCUT2D eigenvalue weighted by molar-refractivity contribution is 5.78. The third kappa shape index (κ3) is 2.85. The number of methoxy groups -OCH3 is 1. The second-order valence-corrected chi connectivity index (χ2v) is 3.44. The van der Waals surface area contributed by atoms with Crippen LogP contribution in [0.3, 0.4) is 0 Å². The zero-order valence-electron chi connectivity index (χ0n) is 9.68. The molecule has 1 aromatic rings. The van der Waals surface area contributed by atoms with Gasteiger partial charge in [0.25, 0.3) is 0 Å². The van der Waals surface area contributed by atoms with E-state index in [9.17, 15) is 8.78 Å². The van der Waals surface area contributed by atoms with E-state index in [0.29, 0.717) is 16.8 Å². The van der Waals surface area contributed by atoms with Gasteiger partial charge in [0.05, 0.1) is 12.3 Å². The van der Waals surface area contributed by atoms with E-state index in [1.807, 2.05) is 0 Å². The van der Waals surface area contributed by atoms with Crippen molar-refractivity contribution in [1.82, 2.24) is 0 Å². The Morgan fingerprint density at radius 2 is 2.12 bits per heavy atom. The van der Waals surface area contributed by atoms with Crippen LogP contribution < -0.4 is 0 Å². The lowest BCUT2D eigenvalue weighted by molar-refractivity contribution is 0.181. The van der Waals surface area contributed by atoms with Crippen molar-refractivity contribution < 1.29 is 13.5 Å². The number of nitrogens with zero attached hydrogens (tertiary/aromatic N) is 1. The molecule has 0 spiro atoms. The highest BCUT2D eigenvalue weighted by atomic mass is 19.1. The molecule has 0 atom stereocenters. The lowest BCUT2D eigenvalue weighted by atomic mass is 10.1. The predicted octanol–water partition coefficient (Wildman–Crippen LogP) is 3.69. The van der Waals surface area contributed by atoms with E-state index in [4.69, 9.17) is 4.74 Å². The number of halogens is 2. The molecule has 0 aliphatic rings. The molecule has 0 N–H and O–H groups in total. The van der Waals surface area contributed by atoms with E-state index in [2.05, 4.69) is 4.99 Å². The average molecular weight is 227 g/mol. The maximum Gasteiger partial charge on any atom is 0.189 e. The minimum Gasteiger partial charge on any atom is -0.380 e. The minimum absolute atomic E-state index is 0.161. The number of rotatable bonds is 4. The van der Waals surface area contributed by atoms with Crippen molar-refractivity contribution in [3.63, 3.8) is 0 Å². The Bertz CT molecular complexity index is 402. The molecule has 16 heavy (non-hydrogen) atoms. The standard InChI is InChI=1S/C12H15F2NO/c1-4-12(14)15-11-6-5-10(13)9(7-16-3)8(11)2/h5-6H,4,7H2,1-3H3. The largest absolute Gasteiger partial charge is 0.380 e. The van der Waals surface area contributed by atoms with Gasteiger partial charge in [0.1, 0.15) is 5.82 Å². The van der Waals surface area contributed by atoms with Crippen LogP contribution in [-0.4, -0.2) is 13.1 Å². The zero-order chi connectivity index (χ0) is 12.1. The van der Waals surface area contributed by atoms with Crippen LogP contribution in [0.25, 0.3) is 0 Å². The molecule has 0 amide bonds. The molecule has 0 fully saturated rings. The van der Waals surface area contributed by atoms with Crippen molar-refractivity contribution in [3.05, 3.63) is 29.1 Å². The Kier molecular flexibility index (Phi) is 4.55. The van der Waals surface area contributed by atoms with Crippen molar-refractivity contribution >= 4 is 11.7 Å². The first-order valence-corrected chi connectivity index (χ1v) is 5.10. The summed E-state index contributed by atoms with van der Waals surface area (Å²) in [6.45, 7) is 3.54. The van der Waals surface area contributed by atoms with Crippen molar-refractivity contribution in [1.29, 1.82) is 0 Å². The summed E-state index contributed by atoms with van der Waals surface area (Å²) in [5.74, 6) is -0.812. The molecule has 2 nitrogen and oxygen atoms in total. The highest BCUT2D eigenvalue weighted by Crippen LogP contribution is 2.25. The molecule has 1 aromatic carbocycles. The van der Waals surface area contributed by atoms with Gasteiger partial charge in [-0.05, 0) is 24.6 Å². The first-order chi connectivity index (χ1) is 7.60. The van der Waals surface area contributed by atoms with Crippen molar-refractivity contribution in [3.8, 4) is 0 Å². The molecule has 4 heteroatoms. The van der Waals surface area contributed by atoms with Gasteiger partial charge < -0.3 is 4.74 Å². The van der Waals surface area contributed by atoms with Gasteiger partial charge >= 0.3 is 0 Å². The first kappa shape index (κ1) is 12.8. The molecular weight excluding hydrogens is 212 g/mol. The van der Waals surface area contributed by atoms with Gasteiger partial charge in [-0.25, -0.2) is 9.38 Å². The first-order valence-electron chi connectivity index (χ1n) is 5.10. The summed E-state index contributed by atoms with van der Waals surface area (Å²) in [6.07, 6.45) is 0.233. The molecule has 0 bridgehead atoms. The molecule has 88 valence electrons. The quantitative estimate of drug-likeness (QED) is 0.719. The summed E-state index contributed by atoms with van der Waals surface area (Å²) in [5.41, 5.74) is 1.49. The Morgan fingerprint density at radius 3 is 2.69 bits per heavy atom. The van der Waals surface area contributed by atoms with Gasteiger partial charge in [0, 0.05) is 19.1 Å². The van der Waals surface area contributed by atoms with Crippen LogP contribution in [0.2, 0.25) is 0 Å². The fraction of sp³-hybridized carbons (Fsp3) is 0.417. The normalized spacial score (nSPS) is 11.9. The molecule has 0 radical (unpaired) electrons. The second kappa shape index (κ2) is 5.70. The molecule has 0 aliphatic carbocycles. The summed E-state index contributed by atoms with van der Waals surface area (Å²) in [4.78, 5) is 3.79. The van der Waals surface area contributed by atoms with Crippen LogP contribution in [0, 0.1) is 12.7 Å². The second-order valence-electron chi connectivity index (χ2n) is 3.44. The Morgan fingerprint density at radius 1 is 1.44 bits per heavy atom. The summed E-state index contributed by atoms with van der Waals surface area (Å²) in [7, 11) is 1.49. The van der Waals surface area contributed by atoms with Gasteiger partial charge in [-0.3, -0.25) is 0 Å². The van der Waals surface area contributed by atoms with Gasteiger partial charge in [0.15, 0.2) is 5.97 Å². The zero-order valence-corrected chi connectivity index (χ0v) is 9.68. The monoisotopic (exact) mass is 227 g/mol. The maximum atomic E-state index is 13.4. The van der Waals surface area contributed by atoms with Crippen LogP contribution in [0.1, 0.15) is 24.5 Å². The molecule has 0 saturated carbocycles. The lowest BCUT2D eigenvalue weighted by Gasteiger charge is -2.08. The van der Waals surface area contributed by atoms with Crippen molar-refractivity contribution in [2.75, 3.05) is 7.11 Å².